The van der Waals surface area contributed by atoms with E-state index in [1.807, 2.05) is 24.3 Å². The monoisotopic (exact) mass is 724 g/mol. The number of rotatable bonds is 13. The van der Waals surface area contributed by atoms with Crippen LogP contribution in [0.3, 0.4) is 0 Å². The number of hydrogen-bond acceptors (Lipinski definition) is 13. The molecule has 2 saturated heterocycles. The normalized spacial score (nSPS) is 29.0. The summed E-state index contributed by atoms with van der Waals surface area (Å²) < 4.78 is 29.9. The molecule has 4 aliphatic rings. The maximum atomic E-state index is 13.6. The zero-order chi connectivity index (χ0) is 36.8. The number of benzene rings is 2. The van der Waals surface area contributed by atoms with Gasteiger partial charge < -0.3 is 59.9 Å². The van der Waals surface area contributed by atoms with Crippen molar-refractivity contribution in [2.24, 2.45) is 0 Å². The Morgan fingerprint density at radius 3 is 2.42 bits per heavy atom. The Balaban J connectivity index is 1.11. The number of hydrogen-bond donors (Lipinski definition) is 7. The Bertz CT molecular complexity index is 1640. The third-order valence-electron chi connectivity index (χ3n) is 9.48. The van der Waals surface area contributed by atoms with Gasteiger partial charge in [-0.05, 0) is 34.9 Å². The third-order valence-corrected chi connectivity index (χ3v) is 9.48. The van der Waals surface area contributed by atoms with Gasteiger partial charge in [-0.25, -0.2) is 4.79 Å². The summed E-state index contributed by atoms with van der Waals surface area (Å²) in [4.78, 5) is 38.8. The van der Waals surface area contributed by atoms with Crippen LogP contribution in [-0.4, -0.2) is 131 Å². The maximum absolute atomic E-state index is 13.6. The molecule has 52 heavy (non-hydrogen) atoms. The number of amides is 2. The van der Waals surface area contributed by atoms with E-state index >= 15 is 0 Å². The summed E-state index contributed by atoms with van der Waals surface area (Å²) in [6, 6.07) is 14.6. The molecule has 0 saturated carbocycles. The van der Waals surface area contributed by atoms with Gasteiger partial charge in [-0.15, -0.1) is 0 Å². The Morgan fingerprint density at radius 1 is 0.923 bits per heavy atom. The molecular formula is C37H44N2O13. The first kappa shape index (κ1) is 37.7. The number of carbonyl (C=O) groups is 3. The average molecular weight is 725 g/mol. The highest BCUT2D eigenvalue weighted by atomic mass is 16.8. The van der Waals surface area contributed by atoms with Gasteiger partial charge in [0.05, 0.1) is 25.4 Å². The minimum atomic E-state index is -1.56. The first-order valence-electron chi connectivity index (χ1n) is 17.3. The molecule has 0 unspecified atom stereocenters. The van der Waals surface area contributed by atoms with Gasteiger partial charge >= 0.3 is 5.97 Å². The second-order valence-electron chi connectivity index (χ2n) is 13.2. The summed E-state index contributed by atoms with van der Waals surface area (Å²) in [6.45, 7) is -0.632. The number of ether oxygens (including phenoxy) is 5. The van der Waals surface area contributed by atoms with Gasteiger partial charge in [0.2, 0.25) is 11.8 Å². The second-order valence-corrected chi connectivity index (χ2v) is 13.2. The van der Waals surface area contributed by atoms with Gasteiger partial charge in [0, 0.05) is 44.3 Å². The fourth-order valence-electron chi connectivity index (χ4n) is 6.86. The molecule has 8 atom stereocenters. The van der Waals surface area contributed by atoms with Gasteiger partial charge in [0.25, 0.3) is 0 Å². The Morgan fingerprint density at radius 2 is 1.69 bits per heavy atom. The topological polar surface area (TPSA) is 223 Å². The summed E-state index contributed by atoms with van der Waals surface area (Å²) in [5.74, 6) is -2.35. The van der Waals surface area contributed by atoms with E-state index in [1.54, 1.807) is 42.5 Å². The average Bonchev–Trinajstić information content (AvgIpc) is 3.70. The molecule has 280 valence electrons. The molecule has 2 aromatic rings. The molecule has 7 N–H and O–H groups in total. The van der Waals surface area contributed by atoms with E-state index in [-0.39, 0.29) is 50.6 Å². The molecule has 2 amide bonds. The van der Waals surface area contributed by atoms with Crippen molar-refractivity contribution in [3.8, 4) is 0 Å². The molecule has 0 aromatic heterocycles. The van der Waals surface area contributed by atoms with Gasteiger partial charge in [0.1, 0.15) is 42.7 Å². The molecule has 6 rings (SSSR count). The summed E-state index contributed by atoms with van der Waals surface area (Å²) in [5, 5.41) is 53.7. The molecule has 2 aromatic carbocycles. The van der Waals surface area contributed by atoms with Gasteiger partial charge in [0.15, 0.2) is 12.1 Å². The van der Waals surface area contributed by atoms with E-state index in [1.165, 1.54) is 0 Å². The lowest BCUT2D eigenvalue weighted by atomic mass is 9.91. The zero-order valence-corrected chi connectivity index (χ0v) is 28.3. The first-order chi connectivity index (χ1) is 25.1. The van der Waals surface area contributed by atoms with E-state index < -0.39 is 73.3 Å². The van der Waals surface area contributed by atoms with Crippen molar-refractivity contribution in [1.29, 1.82) is 0 Å². The molecule has 1 spiro atoms. The number of fused-ring (bicyclic) bond motifs is 2. The van der Waals surface area contributed by atoms with Crippen LogP contribution in [0.15, 0.2) is 66.3 Å². The number of nitrogens with one attached hydrogen (secondary N) is 2. The van der Waals surface area contributed by atoms with Crippen LogP contribution < -0.4 is 10.6 Å². The predicted octanol–water partition coefficient (Wildman–Crippen LogP) is -0.734. The highest BCUT2D eigenvalue weighted by Crippen LogP contribution is 2.45. The minimum absolute atomic E-state index is 0.0229. The number of esters is 1. The third kappa shape index (κ3) is 8.60. The first-order valence-corrected chi connectivity index (χ1v) is 17.3. The summed E-state index contributed by atoms with van der Waals surface area (Å²) >= 11 is 0. The lowest BCUT2D eigenvalue weighted by Gasteiger charge is -2.39. The molecule has 15 nitrogen and oxygen atoms in total. The molecule has 2 fully saturated rings. The second kappa shape index (κ2) is 16.8. The fraction of sp³-hybridized carbons (Fsp3) is 0.486. The highest BCUT2D eigenvalue weighted by Gasteiger charge is 2.55. The van der Waals surface area contributed by atoms with Crippen molar-refractivity contribution >= 4 is 23.9 Å². The Hall–Kier alpha value is -4.03. The molecule has 15 heteroatoms. The van der Waals surface area contributed by atoms with Crippen LogP contribution in [0.2, 0.25) is 0 Å². The van der Waals surface area contributed by atoms with Crippen LogP contribution in [0.25, 0.3) is 6.08 Å². The van der Waals surface area contributed by atoms with E-state index in [9.17, 15) is 34.8 Å². The predicted molar refractivity (Wildman–Crippen MR) is 181 cm³/mol. The summed E-state index contributed by atoms with van der Waals surface area (Å²) in [6.07, 6.45) is -3.11. The minimum Gasteiger partial charge on any atom is -0.456 e. The van der Waals surface area contributed by atoms with Crippen LogP contribution in [0.4, 0.5) is 0 Å². The SMILES string of the molecule is O=C(CCNC(=O)C1=C[C@H]2OC3(Cc4ccccc4C3)O[C@H]2[C@H](OC(=O)c2cccc(C=CCO[C@H]3O[C@H](CO)[C@H](O)[C@H](O)[C@H]3O)c2)C1)NCCO. The molecular weight excluding hydrogens is 680 g/mol. The van der Waals surface area contributed by atoms with Gasteiger partial charge in [-0.3, -0.25) is 9.59 Å². The van der Waals surface area contributed by atoms with Crippen molar-refractivity contribution in [1.82, 2.24) is 10.6 Å². The lowest BCUT2D eigenvalue weighted by Crippen LogP contribution is -2.59. The Labute approximate surface area is 299 Å². The lowest BCUT2D eigenvalue weighted by molar-refractivity contribution is -0.298. The van der Waals surface area contributed by atoms with Gasteiger partial charge in [-0.1, -0.05) is 48.6 Å². The summed E-state index contributed by atoms with van der Waals surface area (Å²) in [5.41, 5.74) is 3.39. The Kier molecular flexibility index (Phi) is 12.2. The number of carbonyl (C=O) groups excluding carboxylic acids is 3. The van der Waals surface area contributed by atoms with Crippen molar-refractivity contribution < 1.29 is 63.6 Å². The van der Waals surface area contributed by atoms with E-state index in [2.05, 4.69) is 10.6 Å². The van der Waals surface area contributed by atoms with Gasteiger partial charge in [-0.2, -0.15) is 0 Å². The maximum Gasteiger partial charge on any atom is 0.338 e. The van der Waals surface area contributed by atoms with Crippen LogP contribution in [0.5, 0.6) is 0 Å². The van der Waals surface area contributed by atoms with Crippen molar-refractivity contribution in [2.45, 2.75) is 80.5 Å². The smallest absolute Gasteiger partial charge is 0.338 e. The van der Waals surface area contributed by atoms with Crippen molar-refractivity contribution in [2.75, 3.05) is 32.9 Å². The molecule has 2 aliphatic carbocycles. The van der Waals surface area contributed by atoms with E-state index in [0.29, 0.717) is 24.0 Å². The zero-order valence-electron chi connectivity index (χ0n) is 28.3. The number of aliphatic hydroxyl groups excluding tert-OH is 5. The largest absolute Gasteiger partial charge is 0.456 e. The molecule has 0 radical (unpaired) electrons. The molecule has 0 bridgehead atoms. The van der Waals surface area contributed by atoms with Crippen LogP contribution in [0.1, 0.15) is 39.9 Å². The number of aliphatic hydroxyl groups is 5. The van der Waals surface area contributed by atoms with Crippen molar-refractivity contribution in [3.63, 3.8) is 0 Å². The van der Waals surface area contributed by atoms with E-state index in [0.717, 1.165) is 11.1 Å². The standard InChI is InChI=1S/C37H44N2O13/c40-13-12-38-29(42)10-11-39-34(46)25-16-26(33-27(17-25)51-37(52-33)18-23-7-1-2-8-24(23)19-37)49-35(47)22-9-3-5-21(15-22)6-4-14-48-36-32(45)31(44)30(43)28(20-41)50-36/h1-9,15,17,26-28,30-33,36,40-41,43-45H,10-14,16,18-20H2,(H,38,42)(H,39,46)/t26-,27-,28-,30+,31+,32-,33+,36+/m1/s1. The highest BCUT2D eigenvalue weighted by molar-refractivity contribution is 5.94. The fourth-order valence-corrected chi connectivity index (χ4v) is 6.86. The quantitative estimate of drug-likeness (QED) is 0.127. The van der Waals surface area contributed by atoms with E-state index in [4.69, 9.17) is 28.8 Å². The molecule has 2 heterocycles. The summed E-state index contributed by atoms with van der Waals surface area (Å²) in [7, 11) is 0. The molecule has 2 aliphatic heterocycles. The van der Waals surface area contributed by atoms with Crippen molar-refractivity contribution in [3.05, 3.63) is 88.5 Å². The van der Waals surface area contributed by atoms with Crippen LogP contribution >= 0.6 is 0 Å². The van der Waals surface area contributed by atoms with Crippen LogP contribution in [-0.2, 0) is 46.1 Å². The van der Waals surface area contributed by atoms with Crippen LogP contribution in [0, 0.1) is 0 Å².